The first-order valence-corrected chi connectivity index (χ1v) is 7.10. The van der Waals surface area contributed by atoms with Gasteiger partial charge in [-0.15, -0.1) is 0 Å². The number of anilines is 1. The Morgan fingerprint density at radius 1 is 1.16 bits per heavy atom. The van der Waals surface area contributed by atoms with Crippen LogP contribution < -0.4 is 10.5 Å². The van der Waals surface area contributed by atoms with Crippen LogP contribution in [0.3, 0.4) is 0 Å². The lowest BCUT2D eigenvalue weighted by Gasteiger charge is -2.07. The molecule has 19 heavy (non-hydrogen) atoms. The zero-order valence-corrected chi connectivity index (χ0v) is 11.0. The van der Waals surface area contributed by atoms with Crippen molar-refractivity contribution in [3.05, 3.63) is 54.3 Å². The minimum Gasteiger partial charge on any atom is -0.493 e. The molecule has 3 nitrogen and oxygen atoms in total. The third-order valence-electron chi connectivity index (χ3n) is 2.48. The van der Waals surface area contributed by atoms with E-state index in [0.29, 0.717) is 11.4 Å². The van der Waals surface area contributed by atoms with Gasteiger partial charge in [0.05, 0.1) is 21.4 Å². The van der Waals surface area contributed by atoms with Gasteiger partial charge in [-0.05, 0) is 30.3 Å². The Morgan fingerprint density at radius 2 is 1.89 bits per heavy atom. The molecule has 2 rings (SSSR count). The fraction of sp³-hybridized carbons (Fsp3) is 0.143. The first kappa shape index (κ1) is 13.5. The van der Waals surface area contributed by atoms with E-state index in [0.717, 1.165) is 0 Å². The number of para-hydroxylation sites is 1. The number of hydrogen-bond donors (Lipinski definition) is 1. The highest BCUT2D eigenvalue weighted by atomic mass is 32.2. The number of ether oxygens (including phenoxy) is 1. The molecule has 2 aromatic carbocycles. The molecule has 100 valence electrons. The number of rotatable bonds is 5. The maximum Gasteiger partial charge on any atom is 0.141 e. The second-order valence-electron chi connectivity index (χ2n) is 3.90. The average Bonchev–Trinajstić information content (AvgIpc) is 2.39. The van der Waals surface area contributed by atoms with Crippen LogP contribution in [0.15, 0.2) is 53.4 Å². The first-order chi connectivity index (χ1) is 9.16. The molecule has 2 aromatic rings. The van der Waals surface area contributed by atoms with Crippen molar-refractivity contribution in [2.24, 2.45) is 0 Å². The second kappa shape index (κ2) is 6.33. The fourth-order valence-electron chi connectivity index (χ4n) is 1.56. The fourth-order valence-corrected chi connectivity index (χ4v) is 2.51. The van der Waals surface area contributed by atoms with Crippen LogP contribution in [-0.2, 0) is 10.8 Å². The Bertz CT molecular complexity index is 575. The van der Waals surface area contributed by atoms with Gasteiger partial charge in [0.1, 0.15) is 18.2 Å². The Hall–Kier alpha value is -1.88. The molecule has 5 heteroatoms. The van der Waals surface area contributed by atoms with Gasteiger partial charge in [-0.3, -0.25) is 4.21 Å². The van der Waals surface area contributed by atoms with E-state index in [1.54, 1.807) is 0 Å². The summed E-state index contributed by atoms with van der Waals surface area (Å²) in [6.07, 6.45) is 0. The summed E-state index contributed by atoms with van der Waals surface area (Å²) in [6, 6.07) is 13.4. The van der Waals surface area contributed by atoms with E-state index in [1.807, 2.05) is 30.3 Å². The number of hydrogen-bond acceptors (Lipinski definition) is 3. The molecule has 0 aliphatic heterocycles. The van der Waals surface area contributed by atoms with Gasteiger partial charge in [-0.25, -0.2) is 4.39 Å². The van der Waals surface area contributed by atoms with Gasteiger partial charge in [0.2, 0.25) is 0 Å². The Morgan fingerprint density at radius 3 is 2.58 bits per heavy atom. The van der Waals surface area contributed by atoms with Crippen LogP contribution >= 0.6 is 0 Å². The van der Waals surface area contributed by atoms with Crippen molar-refractivity contribution in [1.29, 1.82) is 0 Å². The van der Waals surface area contributed by atoms with E-state index in [9.17, 15) is 8.60 Å². The zero-order valence-electron chi connectivity index (χ0n) is 10.2. The number of halogens is 1. The minimum atomic E-state index is -1.43. The van der Waals surface area contributed by atoms with Gasteiger partial charge in [0.15, 0.2) is 0 Å². The van der Waals surface area contributed by atoms with Crippen LogP contribution in [0.5, 0.6) is 5.75 Å². The molecule has 0 aliphatic rings. The van der Waals surface area contributed by atoms with Crippen molar-refractivity contribution in [2.75, 3.05) is 18.1 Å². The Labute approximate surface area is 113 Å². The maximum absolute atomic E-state index is 13.5. The van der Waals surface area contributed by atoms with Crippen LogP contribution in [0.2, 0.25) is 0 Å². The van der Waals surface area contributed by atoms with Crippen molar-refractivity contribution < 1.29 is 13.3 Å². The van der Waals surface area contributed by atoms with Crippen LogP contribution in [0.25, 0.3) is 0 Å². The van der Waals surface area contributed by atoms with E-state index in [1.165, 1.54) is 18.2 Å². The highest BCUT2D eigenvalue weighted by Gasteiger charge is 2.10. The molecular formula is C14H14FNO2S. The quantitative estimate of drug-likeness (QED) is 0.856. The van der Waals surface area contributed by atoms with Crippen LogP contribution in [0.1, 0.15) is 0 Å². The van der Waals surface area contributed by atoms with Gasteiger partial charge in [-0.2, -0.15) is 0 Å². The van der Waals surface area contributed by atoms with Crippen molar-refractivity contribution in [1.82, 2.24) is 0 Å². The van der Waals surface area contributed by atoms with Crippen LogP contribution in [0, 0.1) is 5.82 Å². The van der Waals surface area contributed by atoms with E-state index in [-0.39, 0.29) is 17.3 Å². The van der Waals surface area contributed by atoms with Gasteiger partial charge in [-0.1, -0.05) is 18.2 Å². The maximum atomic E-state index is 13.5. The van der Waals surface area contributed by atoms with Crippen molar-refractivity contribution in [2.45, 2.75) is 4.90 Å². The molecule has 0 saturated carbocycles. The molecular weight excluding hydrogens is 265 g/mol. The van der Waals surface area contributed by atoms with Gasteiger partial charge >= 0.3 is 0 Å². The molecule has 0 radical (unpaired) electrons. The van der Waals surface area contributed by atoms with Gasteiger partial charge in [0, 0.05) is 5.69 Å². The lowest BCUT2D eigenvalue weighted by Crippen LogP contribution is -2.10. The third kappa shape index (κ3) is 3.79. The molecule has 1 atom stereocenters. The molecule has 0 spiro atoms. The van der Waals surface area contributed by atoms with Crippen molar-refractivity contribution >= 4 is 16.5 Å². The lowest BCUT2D eigenvalue weighted by atomic mass is 10.3. The predicted molar refractivity (Wildman–Crippen MR) is 74.0 cm³/mol. The largest absolute Gasteiger partial charge is 0.493 e. The van der Waals surface area contributed by atoms with Gasteiger partial charge in [0.25, 0.3) is 0 Å². The summed E-state index contributed by atoms with van der Waals surface area (Å²) in [5.74, 6) is 0.394. The minimum absolute atomic E-state index is 0.158. The molecule has 0 bridgehead atoms. The van der Waals surface area contributed by atoms with E-state index < -0.39 is 16.6 Å². The second-order valence-corrected chi connectivity index (χ2v) is 5.44. The molecule has 0 amide bonds. The average molecular weight is 279 g/mol. The van der Waals surface area contributed by atoms with Crippen molar-refractivity contribution in [3.8, 4) is 5.75 Å². The summed E-state index contributed by atoms with van der Waals surface area (Å²) >= 11 is 0. The monoisotopic (exact) mass is 279 g/mol. The molecule has 1 unspecified atom stereocenters. The standard InChI is InChI=1S/C14H14FNO2S/c15-13-10-11(16)6-7-14(13)19(17)9-8-18-12-4-2-1-3-5-12/h1-7,10H,8-9,16H2. The third-order valence-corrected chi connectivity index (χ3v) is 3.84. The van der Waals surface area contributed by atoms with E-state index >= 15 is 0 Å². The number of nitrogen functional groups attached to an aromatic ring is 1. The van der Waals surface area contributed by atoms with E-state index in [2.05, 4.69) is 0 Å². The zero-order chi connectivity index (χ0) is 13.7. The lowest BCUT2D eigenvalue weighted by molar-refractivity contribution is 0.342. The molecule has 0 aliphatic carbocycles. The summed E-state index contributed by atoms with van der Waals surface area (Å²) in [5, 5.41) is 0. The number of benzene rings is 2. The summed E-state index contributed by atoms with van der Waals surface area (Å²) in [4.78, 5) is 0.158. The van der Waals surface area contributed by atoms with E-state index in [4.69, 9.17) is 10.5 Å². The smallest absolute Gasteiger partial charge is 0.141 e. The Balaban J connectivity index is 1.91. The molecule has 0 saturated heterocycles. The summed E-state index contributed by atoms with van der Waals surface area (Å²) in [5.41, 5.74) is 5.76. The highest BCUT2D eigenvalue weighted by molar-refractivity contribution is 7.85. The summed E-state index contributed by atoms with van der Waals surface area (Å²) in [6.45, 7) is 0.264. The molecule has 2 N–H and O–H groups in total. The Kier molecular flexibility index (Phi) is 4.52. The summed E-state index contributed by atoms with van der Waals surface area (Å²) < 4.78 is 30.9. The topological polar surface area (TPSA) is 52.3 Å². The SMILES string of the molecule is Nc1ccc(S(=O)CCOc2ccccc2)c(F)c1. The number of nitrogens with two attached hydrogens (primary N) is 1. The molecule has 0 fully saturated rings. The normalized spacial score (nSPS) is 12.1. The molecule has 0 heterocycles. The van der Waals surface area contributed by atoms with Crippen molar-refractivity contribution in [3.63, 3.8) is 0 Å². The highest BCUT2D eigenvalue weighted by Crippen LogP contribution is 2.16. The predicted octanol–water partition coefficient (Wildman–Crippen LogP) is 2.59. The summed E-state index contributed by atoms with van der Waals surface area (Å²) in [7, 11) is -1.43. The first-order valence-electron chi connectivity index (χ1n) is 5.78. The molecule has 0 aromatic heterocycles. The van der Waals surface area contributed by atoms with Crippen LogP contribution in [-0.4, -0.2) is 16.6 Å². The van der Waals surface area contributed by atoms with Gasteiger partial charge < -0.3 is 10.5 Å². The van der Waals surface area contributed by atoms with Crippen LogP contribution in [0.4, 0.5) is 10.1 Å².